The monoisotopic (exact) mass is 414 g/mol. The van der Waals surface area contributed by atoms with Crippen molar-refractivity contribution in [3.05, 3.63) is 52.4 Å². The number of aromatic nitrogens is 2. The second kappa shape index (κ2) is 7.30. The van der Waals surface area contributed by atoms with Crippen LogP contribution in [0, 0.1) is 5.82 Å². The van der Waals surface area contributed by atoms with Gasteiger partial charge in [0, 0.05) is 38.4 Å². The number of piperazine rings is 1. The van der Waals surface area contributed by atoms with E-state index in [2.05, 4.69) is 9.97 Å². The maximum absolute atomic E-state index is 14.4. The first-order chi connectivity index (χ1) is 14.1. The standard InChI is InChI=1S/C21H20ClFN4O2/c22-16-11-18-20(24-12-16)25-21(29-18)27-7-5-26(6-8-27)19(28)10-15-4-3-14(9-17(15)23)13-1-2-13/h3-4,9,11-13H,1-2,5-8,10H2. The number of pyridine rings is 1. The zero-order chi connectivity index (χ0) is 20.0. The number of hydrogen-bond acceptors (Lipinski definition) is 5. The molecule has 2 aromatic heterocycles. The molecule has 0 bridgehead atoms. The van der Waals surface area contributed by atoms with Gasteiger partial charge in [0.2, 0.25) is 11.6 Å². The quantitative estimate of drug-likeness (QED) is 0.650. The molecule has 29 heavy (non-hydrogen) atoms. The van der Waals surface area contributed by atoms with Crippen molar-refractivity contribution in [1.82, 2.24) is 14.9 Å². The average Bonchev–Trinajstić information content (AvgIpc) is 3.49. The average molecular weight is 415 g/mol. The van der Waals surface area contributed by atoms with Crippen LogP contribution in [0.2, 0.25) is 5.02 Å². The molecule has 3 heterocycles. The number of fused-ring (bicyclic) bond motifs is 1. The van der Waals surface area contributed by atoms with Gasteiger partial charge in [-0.3, -0.25) is 4.79 Å². The Bertz CT molecular complexity index is 1070. The van der Waals surface area contributed by atoms with E-state index in [4.69, 9.17) is 16.0 Å². The molecule has 1 aliphatic heterocycles. The minimum Gasteiger partial charge on any atom is -0.422 e. The van der Waals surface area contributed by atoms with Crippen LogP contribution in [0.3, 0.4) is 0 Å². The molecule has 3 aromatic rings. The highest BCUT2D eigenvalue weighted by atomic mass is 35.5. The molecule has 5 rings (SSSR count). The van der Waals surface area contributed by atoms with Crippen LogP contribution < -0.4 is 4.90 Å². The summed E-state index contributed by atoms with van der Waals surface area (Å²) in [5, 5.41) is 0.494. The number of benzene rings is 1. The Hall–Kier alpha value is -2.67. The molecule has 150 valence electrons. The van der Waals surface area contributed by atoms with Crippen LogP contribution in [0.15, 0.2) is 34.9 Å². The first-order valence-electron chi connectivity index (χ1n) is 9.80. The number of carbonyl (C=O) groups excluding carboxylic acids is 1. The molecule has 0 N–H and O–H groups in total. The Morgan fingerprint density at radius 1 is 1.21 bits per heavy atom. The summed E-state index contributed by atoms with van der Waals surface area (Å²) >= 11 is 5.94. The van der Waals surface area contributed by atoms with Crippen molar-refractivity contribution in [2.45, 2.75) is 25.2 Å². The molecule has 1 aromatic carbocycles. The first kappa shape index (κ1) is 18.4. The smallest absolute Gasteiger partial charge is 0.300 e. The zero-order valence-corrected chi connectivity index (χ0v) is 16.5. The molecule has 0 unspecified atom stereocenters. The van der Waals surface area contributed by atoms with E-state index >= 15 is 0 Å². The molecular formula is C21H20ClFN4O2. The third kappa shape index (κ3) is 3.79. The van der Waals surface area contributed by atoms with E-state index in [9.17, 15) is 9.18 Å². The Labute approximate surface area is 172 Å². The van der Waals surface area contributed by atoms with Crippen molar-refractivity contribution in [1.29, 1.82) is 0 Å². The van der Waals surface area contributed by atoms with Crippen molar-refractivity contribution >= 4 is 34.8 Å². The Balaban J connectivity index is 1.21. The largest absolute Gasteiger partial charge is 0.422 e. The Morgan fingerprint density at radius 2 is 2.00 bits per heavy atom. The predicted octanol–water partition coefficient (Wildman–Crippen LogP) is 3.78. The van der Waals surface area contributed by atoms with Crippen LogP contribution in [0.1, 0.15) is 29.9 Å². The summed E-state index contributed by atoms with van der Waals surface area (Å²) in [6, 6.07) is 7.46. The van der Waals surface area contributed by atoms with Gasteiger partial charge in [-0.05, 0) is 36.0 Å². The SMILES string of the molecule is O=C(Cc1ccc(C2CC2)cc1F)N1CCN(c2nc3ncc(Cl)cc3o2)CC1. The van der Waals surface area contributed by atoms with Crippen LogP contribution >= 0.6 is 11.6 Å². The lowest BCUT2D eigenvalue weighted by atomic mass is 10.0. The summed E-state index contributed by atoms with van der Waals surface area (Å²) in [6.45, 7) is 2.26. The molecular weight excluding hydrogens is 395 g/mol. The fourth-order valence-corrected chi connectivity index (χ4v) is 3.87. The molecule has 2 fully saturated rings. The maximum Gasteiger partial charge on any atom is 0.300 e. The molecule has 1 saturated carbocycles. The van der Waals surface area contributed by atoms with E-state index in [1.54, 1.807) is 23.1 Å². The van der Waals surface area contributed by atoms with Crippen molar-refractivity contribution in [2.24, 2.45) is 0 Å². The number of nitrogens with zero attached hydrogens (tertiary/aromatic N) is 4. The fraction of sp³-hybridized carbons (Fsp3) is 0.381. The van der Waals surface area contributed by atoms with Gasteiger partial charge in [-0.2, -0.15) is 4.98 Å². The number of halogens is 2. The number of oxazole rings is 1. The van der Waals surface area contributed by atoms with E-state index < -0.39 is 0 Å². The second-order valence-corrected chi connectivity index (χ2v) is 8.08. The van der Waals surface area contributed by atoms with E-state index in [0.717, 1.165) is 18.4 Å². The van der Waals surface area contributed by atoms with Gasteiger partial charge < -0.3 is 14.2 Å². The van der Waals surface area contributed by atoms with Gasteiger partial charge in [-0.1, -0.05) is 23.7 Å². The lowest BCUT2D eigenvalue weighted by Gasteiger charge is -2.33. The number of hydrogen-bond donors (Lipinski definition) is 0. The lowest BCUT2D eigenvalue weighted by Crippen LogP contribution is -2.49. The fourth-order valence-electron chi connectivity index (χ4n) is 3.72. The zero-order valence-electron chi connectivity index (χ0n) is 15.8. The number of carbonyl (C=O) groups is 1. The highest BCUT2D eigenvalue weighted by molar-refractivity contribution is 6.30. The molecule has 2 aliphatic rings. The summed E-state index contributed by atoms with van der Waals surface area (Å²) in [5.41, 5.74) is 2.55. The van der Waals surface area contributed by atoms with Gasteiger partial charge in [0.25, 0.3) is 6.01 Å². The number of rotatable bonds is 4. The van der Waals surface area contributed by atoms with Gasteiger partial charge in [0.1, 0.15) is 5.82 Å². The second-order valence-electron chi connectivity index (χ2n) is 7.64. The van der Waals surface area contributed by atoms with E-state index in [1.165, 1.54) is 6.20 Å². The molecule has 8 heteroatoms. The molecule has 0 atom stereocenters. The normalized spacial score (nSPS) is 17.2. The van der Waals surface area contributed by atoms with Crippen LogP contribution in [0.5, 0.6) is 0 Å². The lowest BCUT2D eigenvalue weighted by molar-refractivity contribution is -0.130. The molecule has 1 aliphatic carbocycles. The Morgan fingerprint density at radius 3 is 2.72 bits per heavy atom. The van der Waals surface area contributed by atoms with Gasteiger partial charge >= 0.3 is 0 Å². The van der Waals surface area contributed by atoms with Gasteiger partial charge in [-0.25, -0.2) is 9.37 Å². The van der Waals surface area contributed by atoms with Gasteiger partial charge in [0.15, 0.2) is 5.58 Å². The third-order valence-electron chi connectivity index (χ3n) is 5.57. The topological polar surface area (TPSA) is 62.5 Å². The van der Waals surface area contributed by atoms with Crippen molar-refractivity contribution < 1.29 is 13.6 Å². The molecule has 0 spiro atoms. The summed E-state index contributed by atoms with van der Waals surface area (Å²) in [5.74, 6) is 0.160. The highest BCUT2D eigenvalue weighted by Crippen LogP contribution is 2.40. The van der Waals surface area contributed by atoms with Crippen LogP contribution in [-0.2, 0) is 11.2 Å². The molecule has 6 nitrogen and oxygen atoms in total. The molecule has 0 radical (unpaired) electrons. The van der Waals surface area contributed by atoms with Gasteiger partial charge in [-0.15, -0.1) is 0 Å². The van der Waals surface area contributed by atoms with Crippen LogP contribution in [0.25, 0.3) is 11.2 Å². The summed E-state index contributed by atoms with van der Waals surface area (Å²) in [7, 11) is 0. The summed E-state index contributed by atoms with van der Waals surface area (Å²) in [4.78, 5) is 24.9. The summed E-state index contributed by atoms with van der Waals surface area (Å²) in [6.07, 6.45) is 3.88. The van der Waals surface area contributed by atoms with E-state index in [0.29, 0.717) is 59.9 Å². The van der Waals surface area contributed by atoms with Crippen molar-refractivity contribution in [3.8, 4) is 0 Å². The minimum absolute atomic E-state index is 0.0614. The molecule has 1 amide bonds. The first-order valence-corrected chi connectivity index (χ1v) is 10.2. The Kier molecular flexibility index (Phi) is 4.62. The molecule has 1 saturated heterocycles. The van der Waals surface area contributed by atoms with Crippen LogP contribution in [0.4, 0.5) is 10.4 Å². The maximum atomic E-state index is 14.4. The number of anilines is 1. The third-order valence-corrected chi connectivity index (χ3v) is 5.78. The number of amides is 1. The van der Waals surface area contributed by atoms with Crippen molar-refractivity contribution in [2.75, 3.05) is 31.1 Å². The van der Waals surface area contributed by atoms with Crippen molar-refractivity contribution in [3.63, 3.8) is 0 Å². The predicted molar refractivity (Wildman–Crippen MR) is 108 cm³/mol. The van der Waals surface area contributed by atoms with Gasteiger partial charge in [0.05, 0.1) is 11.4 Å². The van der Waals surface area contributed by atoms with Crippen LogP contribution in [-0.4, -0.2) is 47.0 Å². The minimum atomic E-state index is -0.279. The van der Waals surface area contributed by atoms with E-state index in [-0.39, 0.29) is 18.1 Å². The highest BCUT2D eigenvalue weighted by Gasteiger charge is 2.26. The summed E-state index contributed by atoms with van der Waals surface area (Å²) < 4.78 is 20.1. The van der Waals surface area contributed by atoms with E-state index in [1.807, 2.05) is 11.0 Å².